The van der Waals surface area contributed by atoms with Crippen molar-refractivity contribution < 1.29 is 0 Å². The standard InChI is InChI=1S/C10H22N2/c1-8(10(3,4)5)12(7)9(2)11-6/h9,11H,1H2,2-7H3. The van der Waals surface area contributed by atoms with E-state index in [1.807, 2.05) is 7.05 Å². The highest BCUT2D eigenvalue weighted by Gasteiger charge is 2.20. The Morgan fingerprint density at radius 3 is 2.08 bits per heavy atom. The highest BCUT2D eigenvalue weighted by molar-refractivity contribution is 5.04. The molecule has 2 heteroatoms. The van der Waals surface area contributed by atoms with Crippen molar-refractivity contribution in [1.82, 2.24) is 10.2 Å². The first-order valence-electron chi connectivity index (χ1n) is 4.40. The SMILES string of the molecule is C=C(N(C)C(C)NC)C(C)(C)C. The number of hydrogen-bond acceptors (Lipinski definition) is 2. The molecule has 0 saturated carbocycles. The van der Waals surface area contributed by atoms with Crippen LogP contribution in [0.5, 0.6) is 0 Å². The molecular weight excluding hydrogens is 148 g/mol. The highest BCUT2D eigenvalue weighted by atomic mass is 15.2. The van der Waals surface area contributed by atoms with E-state index in [9.17, 15) is 0 Å². The lowest BCUT2D eigenvalue weighted by Gasteiger charge is -2.35. The molecule has 0 aliphatic rings. The Kier molecular flexibility index (Phi) is 3.78. The van der Waals surface area contributed by atoms with Crippen LogP contribution in [-0.2, 0) is 0 Å². The third-order valence-corrected chi connectivity index (χ3v) is 2.29. The molecule has 0 spiro atoms. The molecule has 0 heterocycles. The Balaban J connectivity index is 4.30. The summed E-state index contributed by atoms with van der Waals surface area (Å²) in [4.78, 5) is 2.17. The van der Waals surface area contributed by atoms with Gasteiger partial charge in [0.15, 0.2) is 0 Å². The van der Waals surface area contributed by atoms with Crippen molar-refractivity contribution in [2.24, 2.45) is 5.41 Å². The van der Waals surface area contributed by atoms with Crippen LogP contribution in [0.3, 0.4) is 0 Å². The second kappa shape index (κ2) is 3.94. The number of hydrogen-bond donors (Lipinski definition) is 1. The van der Waals surface area contributed by atoms with Gasteiger partial charge in [0.05, 0.1) is 6.17 Å². The van der Waals surface area contributed by atoms with Gasteiger partial charge in [0.2, 0.25) is 0 Å². The average Bonchev–Trinajstić information content (AvgIpc) is 1.98. The fourth-order valence-electron chi connectivity index (χ4n) is 0.956. The minimum atomic E-state index is 0.153. The first-order chi connectivity index (χ1) is 5.30. The molecule has 0 fully saturated rings. The summed E-state index contributed by atoms with van der Waals surface area (Å²) in [7, 11) is 4.02. The molecule has 0 radical (unpaired) electrons. The molecule has 0 amide bonds. The van der Waals surface area contributed by atoms with Crippen molar-refractivity contribution in [2.45, 2.75) is 33.9 Å². The molecule has 1 N–H and O–H groups in total. The fraction of sp³-hybridized carbons (Fsp3) is 0.800. The topological polar surface area (TPSA) is 15.3 Å². The lowest BCUT2D eigenvalue weighted by atomic mass is 9.92. The quantitative estimate of drug-likeness (QED) is 0.652. The molecule has 0 aromatic heterocycles. The van der Waals surface area contributed by atoms with E-state index in [1.165, 1.54) is 0 Å². The molecule has 12 heavy (non-hydrogen) atoms. The van der Waals surface area contributed by atoms with Crippen LogP contribution in [0, 0.1) is 5.41 Å². The predicted molar refractivity (Wildman–Crippen MR) is 54.9 cm³/mol. The van der Waals surface area contributed by atoms with E-state index < -0.39 is 0 Å². The number of allylic oxidation sites excluding steroid dienone is 1. The Morgan fingerprint density at radius 1 is 1.42 bits per heavy atom. The van der Waals surface area contributed by atoms with Gasteiger partial charge in [0, 0.05) is 18.2 Å². The predicted octanol–water partition coefficient (Wildman–Crippen LogP) is 2.04. The van der Waals surface area contributed by atoms with Crippen molar-refractivity contribution in [2.75, 3.05) is 14.1 Å². The minimum absolute atomic E-state index is 0.153. The molecule has 2 nitrogen and oxygen atoms in total. The first kappa shape index (κ1) is 11.5. The summed E-state index contributed by atoms with van der Waals surface area (Å²) in [6.07, 6.45) is 0.344. The Bertz CT molecular complexity index is 156. The summed E-state index contributed by atoms with van der Waals surface area (Å²) >= 11 is 0. The second-order valence-electron chi connectivity index (χ2n) is 4.27. The Morgan fingerprint density at radius 2 is 1.83 bits per heavy atom. The van der Waals surface area contributed by atoms with Crippen molar-refractivity contribution >= 4 is 0 Å². The van der Waals surface area contributed by atoms with E-state index in [4.69, 9.17) is 0 Å². The van der Waals surface area contributed by atoms with Crippen molar-refractivity contribution in [3.05, 3.63) is 12.3 Å². The Labute approximate surface area is 76.6 Å². The van der Waals surface area contributed by atoms with Gasteiger partial charge in [-0.3, -0.25) is 0 Å². The molecule has 0 aromatic carbocycles. The van der Waals surface area contributed by atoms with Gasteiger partial charge >= 0.3 is 0 Å². The van der Waals surface area contributed by atoms with Gasteiger partial charge < -0.3 is 10.2 Å². The summed E-state index contributed by atoms with van der Waals surface area (Å²) < 4.78 is 0. The van der Waals surface area contributed by atoms with E-state index in [0.717, 1.165) is 5.70 Å². The van der Waals surface area contributed by atoms with E-state index in [1.54, 1.807) is 0 Å². The third-order valence-electron chi connectivity index (χ3n) is 2.29. The van der Waals surface area contributed by atoms with Gasteiger partial charge in [-0.25, -0.2) is 0 Å². The third kappa shape index (κ3) is 2.86. The zero-order valence-electron chi connectivity index (χ0n) is 9.23. The van der Waals surface area contributed by atoms with E-state index in [-0.39, 0.29) is 5.41 Å². The summed E-state index contributed by atoms with van der Waals surface area (Å²) in [6.45, 7) is 12.7. The largest absolute Gasteiger partial charge is 0.363 e. The first-order valence-corrected chi connectivity index (χ1v) is 4.40. The van der Waals surface area contributed by atoms with Crippen molar-refractivity contribution in [1.29, 1.82) is 0 Å². The highest BCUT2D eigenvalue weighted by Crippen LogP contribution is 2.26. The van der Waals surface area contributed by atoms with Crippen LogP contribution in [0.25, 0.3) is 0 Å². The normalized spacial score (nSPS) is 14.2. The summed E-state index contributed by atoms with van der Waals surface area (Å²) in [6, 6.07) is 0. The van der Waals surface area contributed by atoms with E-state index >= 15 is 0 Å². The summed E-state index contributed by atoms with van der Waals surface area (Å²) in [5, 5.41) is 3.18. The monoisotopic (exact) mass is 170 g/mol. The van der Waals surface area contributed by atoms with Crippen LogP contribution < -0.4 is 5.32 Å². The van der Waals surface area contributed by atoms with E-state index in [0.29, 0.717) is 6.17 Å². The molecule has 0 saturated heterocycles. The zero-order valence-corrected chi connectivity index (χ0v) is 9.23. The molecule has 0 rings (SSSR count). The molecule has 72 valence electrons. The lowest BCUT2D eigenvalue weighted by molar-refractivity contribution is 0.233. The van der Waals surface area contributed by atoms with E-state index in [2.05, 4.69) is 51.5 Å². The number of rotatable bonds is 3. The molecule has 1 unspecified atom stereocenters. The fourth-order valence-corrected chi connectivity index (χ4v) is 0.956. The Hall–Kier alpha value is -0.500. The number of nitrogens with zero attached hydrogens (tertiary/aromatic N) is 1. The van der Waals surface area contributed by atoms with Gasteiger partial charge in [-0.15, -0.1) is 0 Å². The van der Waals surface area contributed by atoms with Gasteiger partial charge in [0.25, 0.3) is 0 Å². The summed E-state index contributed by atoms with van der Waals surface area (Å²) in [5.41, 5.74) is 1.31. The van der Waals surface area contributed by atoms with Crippen LogP contribution in [-0.4, -0.2) is 25.2 Å². The molecule has 0 aliphatic carbocycles. The maximum absolute atomic E-state index is 4.08. The van der Waals surface area contributed by atoms with Gasteiger partial charge in [-0.1, -0.05) is 27.4 Å². The van der Waals surface area contributed by atoms with Crippen LogP contribution in [0.4, 0.5) is 0 Å². The average molecular weight is 170 g/mol. The zero-order chi connectivity index (χ0) is 9.94. The minimum Gasteiger partial charge on any atom is -0.363 e. The molecule has 0 bridgehead atoms. The van der Waals surface area contributed by atoms with Gasteiger partial charge in [-0.2, -0.15) is 0 Å². The maximum Gasteiger partial charge on any atom is 0.0758 e. The lowest BCUT2D eigenvalue weighted by Crippen LogP contribution is -2.41. The maximum atomic E-state index is 4.08. The van der Waals surface area contributed by atoms with Crippen LogP contribution >= 0.6 is 0 Å². The molecule has 0 aliphatic heterocycles. The van der Waals surface area contributed by atoms with Crippen molar-refractivity contribution in [3.63, 3.8) is 0 Å². The van der Waals surface area contributed by atoms with Gasteiger partial charge in [-0.05, 0) is 14.0 Å². The smallest absolute Gasteiger partial charge is 0.0758 e. The van der Waals surface area contributed by atoms with Crippen LogP contribution in [0.2, 0.25) is 0 Å². The summed E-state index contributed by atoms with van der Waals surface area (Å²) in [5.74, 6) is 0. The molecule has 0 aromatic rings. The molecule has 1 atom stereocenters. The number of nitrogens with one attached hydrogen (secondary N) is 1. The second-order valence-corrected chi connectivity index (χ2v) is 4.27. The van der Waals surface area contributed by atoms with Crippen LogP contribution in [0.15, 0.2) is 12.3 Å². The van der Waals surface area contributed by atoms with Gasteiger partial charge in [0.1, 0.15) is 0 Å². The molecular formula is C10H22N2. The van der Waals surface area contributed by atoms with Crippen LogP contribution in [0.1, 0.15) is 27.7 Å². The van der Waals surface area contributed by atoms with Crippen molar-refractivity contribution in [3.8, 4) is 0 Å².